The number of aromatic nitrogens is 2. The van der Waals surface area contributed by atoms with Gasteiger partial charge in [-0.2, -0.15) is 5.10 Å². The van der Waals surface area contributed by atoms with Crippen molar-refractivity contribution in [1.29, 1.82) is 0 Å². The van der Waals surface area contributed by atoms with E-state index in [4.69, 9.17) is 0 Å². The quantitative estimate of drug-likeness (QED) is 0.619. The van der Waals surface area contributed by atoms with Gasteiger partial charge in [0.15, 0.2) is 0 Å². The molecule has 2 N–H and O–H groups in total. The highest BCUT2D eigenvalue weighted by Gasteiger charge is 2.41. The molecule has 1 aliphatic heterocycles. The maximum atomic E-state index is 12.9. The van der Waals surface area contributed by atoms with Crippen LogP contribution in [0.15, 0.2) is 42.7 Å². The number of nitro groups is 1. The number of amides is 1. The molecular weight excluding hydrogens is 346 g/mol. The van der Waals surface area contributed by atoms with Gasteiger partial charge in [-0.3, -0.25) is 19.6 Å². The van der Waals surface area contributed by atoms with E-state index in [1.807, 2.05) is 0 Å². The Morgan fingerprint density at radius 2 is 2.04 bits per heavy atom. The number of benzene rings is 1. The van der Waals surface area contributed by atoms with Crippen LogP contribution in [0.25, 0.3) is 0 Å². The minimum atomic E-state index is -0.752. The molecule has 8 nitrogen and oxygen atoms in total. The molecule has 1 aliphatic rings. The molecular formula is C16H20ClN5O3. The van der Waals surface area contributed by atoms with Crippen molar-refractivity contribution < 1.29 is 9.72 Å². The van der Waals surface area contributed by atoms with E-state index >= 15 is 0 Å². The first-order valence-electron chi connectivity index (χ1n) is 7.85. The lowest BCUT2D eigenvalue weighted by Gasteiger charge is -2.36. The van der Waals surface area contributed by atoms with Gasteiger partial charge in [0.05, 0.1) is 4.92 Å². The maximum absolute atomic E-state index is 12.9. The van der Waals surface area contributed by atoms with Gasteiger partial charge in [-0.1, -0.05) is 18.2 Å². The summed E-state index contributed by atoms with van der Waals surface area (Å²) in [6, 6.07) is 8.22. The Morgan fingerprint density at radius 1 is 1.32 bits per heavy atom. The third-order valence-electron chi connectivity index (χ3n) is 4.42. The van der Waals surface area contributed by atoms with Gasteiger partial charge >= 0.3 is 0 Å². The lowest BCUT2D eigenvalue weighted by molar-refractivity contribution is -0.385. The summed E-state index contributed by atoms with van der Waals surface area (Å²) in [5.41, 5.74) is -0.255. The van der Waals surface area contributed by atoms with E-state index in [0.717, 1.165) is 13.1 Å². The highest BCUT2D eigenvalue weighted by Crippen LogP contribution is 2.27. The van der Waals surface area contributed by atoms with Crippen molar-refractivity contribution >= 4 is 24.0 Å². The lowest BCUT2D eigenvalue weighted by atomic mass is 9.87. The highest BCUT2D eigenvalue weighted by molar-refractivity contribution is 5.85. The third-order valence-corrected chi connectivity index (χ3v) is 4.42. The molecule has 2 heterocycles. The number of nitrogens with one attached hydrogen (secondary N) is 2. The van der Waals surface area contributed by atoms with Crippen molar-refractivity contribution in [2.24, 2.45) is 0 Å². The molecule has 2 aromatic rings. The fourth-order valence-electron chi connectivity index (χ4n) is 3.10. The monoisotopic (exact) mass is 365 g/mol. The SMILES string of the molecule is Cl.O=C(NCc1ccccc1[N+](=O)[O-])C1(n2cccn2)CCNCC1. The van der Waals surface area contributed by atoms with Crippen LogP contribution >= 0.6 is 12.4 Å². The summed E-state index contributed by atoms with van der Waals surface area (Å²) < 4.78 is 1.70. The molecule has 0 radical (unpaired) electrons. The predicted molar refractivity (Wildman–Crippen MR) is 94.5 cm³/mol. The van der Waals surface area contributed by atoms with Crippen molar-refractivity contribution in [1.82, 2.24) is 20.4 Å². The Bertz CT molecular complexity index is 729. The van der Waals surface area contributed by atoms with Gasteiger partial charge in [0.1, 0.15) is 5.54 Å². The molecule has 1 aromatic carbocycles. The molecule has 0 saturated carbocycles. The zero-order valence-corrected chi connectivity index (χ0v) is 14.4. The largest absolute Gasteiger partial charge is 0.350 e. The van der Waals surface area contributed by atoms with Crippen LogP contribution in [0.5, 0.6) is 0 Å². The van der Waals surface area contributed by atoms with Gasteiger partial charge in [0, 0.05) is 30.6 Å². The summed E-state index contributed by atoms with van der Waals surface area (Å²) in [6.07, 6.45) is 4.68. The Hall–Kier alpha value is -2.45. The average Bonchev–Trinajstić information content (AvgIpc) is 3.15. The smallest absolute Gasteiger partial charge is 0.274 e. The standard InChI is InChI=1S/C16H19N5O3.ClH/c22-15(18-12-13-4-1-2-5-14(13)21(23)24)16(6-9-17-10-7-16)20-11-3-8-19-20;/h1-5,8,11,17H,6-7,9-10,12H2,(H,18,22);1H. The van der Waals surface area contributed by atoms with Crippen molar-refractivity contribution in [3.8, 4) is 0 Å². The number of rotatable bonds is 5. The molecule has 1 aromatic heterocycles. The summed E-state index contributed by atoms with van der Waals surface area (Å²) in [7, 11) is 0. The van der Waals surface area contributed by atoms with Crippen LogP contribution in [0.1, 0.15) is 18.4 Å². The van der Waals surface area contributed by atoms with Gasteiger partial charge in [0.25, 0.3) is 5.69 Å². The van der Waals surface area contributed by atoms with Gasteiger partial charge < -0.3 is 10.6 Å². The molecule has 134 valence electrons. The molecule has 1 fully saturated rings. The first-order valence-corrected chi connectivity index (χ1v) is 7.85. The van der Waals surface area contributed by atoms with E-state index in [9.17, 15) is 14.9 Å². The van der Waals surface area contributed by atoms with Gasteiger partial charge in [-0.05, 0) is 32.0 Å². The lowest BCUT2D eigenvalue weighted by Crippen LogP contribution is -2.54. The third kappa shape index (κ3) is 3.80. The Kier molecular flexibility index (Phi) is 6.11. The number of nitrogens with zero attached hydrogens (tertiary/aromatic N) is 3. The Labute approximate surface area is 151 Å². The number of carbonyl (C=O) groups excluding carboxylic acids is 1. The zero-order chi connectivity index (χ0) is 17.0. The summed E-state index contributed by atoms with van der Waals surface area (Å²) in [6.45, 7) is 1.56. The van der Waals surface area contributed by atoms with Crippen molar-refractivity contribution in [2.45, 2.75) is 24.9 Å². The van der Waals surface area contributed by atoms with Crippen LogP contribution in [0.3, 0.4) is 0 Å². The normalized spacial score (nSPS) is 15.8. The van der Waals surface area contributed by atoms with Gasteiger partial charge in [-0.25, -0.2) is 0 Å². The summed E-state index contributed by atoms with van der Waals surface area (Å²) in [5.74, 6) is -0.161. The fraction of sp³-hybridized carbons (Fsp3) is 0.375. The molecule has 9 heteroatoms. The second-order valence-electron chi connectivity index (χ2n) is 5.80. The molecule has 3 rings (SSSR count). The zero-order valence-electron chi connectivity index (χ0n) is 13.6. The molecule has 0 spiro atoms. The summed E-state index contributed by atoms with van der Waals surface area (Å²) in [4.78, 5) is 23.6. The van der Waals surface area contributed by atoms with E-state index in [-0.39, 0.29) is 30.5 Å². The predicted octanol–water partition coefficient (Wildman–Crippen LogP) is 1.61. The second kappa shape index (κ2) is 8.09. The molecule has 0 aliphatic carbocycles. The topological polar surface area (TPSA) is 102 Å². The minimum absolute atomic E-state index is 0. The van der Waals surface area contributed by atoms with E-state index in [1.165, 1.54) is 6.07 Å². The van der Waals surface area contributed by atoms with Crippen LogP contribution in [-0.4, -0.2) is 33.7 Å². The number of para-hydroxylation sites is 1. The van der Waals surface area contributed by atoms with Crippen molar-refractivity contribution in [3.63, 3.8) is 0 Å². The molecule has 25 heavy (non-hydrogen) atoms. The summed E-state index contributed by atoms with van der Waals surface area (Å²) in [5, 5.41) is 21.4. The first-order chi connectivity index (χ1) is 11.6. The van der Waals surface area contributed by atoms with Crippen molar-refractivity contribution in [3.05, 3.63) is 58.4 Å². The first kappa shape index (κ1) is 18.9. The Balaban J connectivity index is 0.00000225. The highest BCUT2D eigenvalue weighted by atomic mass is 35.5. The number of piperidine rings is 1. The van der Waals surface area contributed by atoms with E-state index in [2.05, 4.69) is 15.7 Å². The van der Waals surface area contributed by atoms with Gasteiger partial charge in [-0.15, -0.1) is 12.4 Å². The number of hydrogen-bond donors (Lipinski definition) is 2. The van der Waals surface area contributed by atoms with Crippen molar-refractivity contribution in [2.75, 3.05) is 13.1 Å². The number of halogens is 1. The van der Waals surface area contributed by atoms with Crippen LogP contribution < -0.4 is 10.6 Å². The number of nitro benzene ring substituents is 1. The minimum Gasteiger partial charge on any atom is -0.350 e. The summed E-state index contributed by atoms with van der Waals surface area (Å²) >= 11 is 0. The van der Waals surface area contributed by atoms with Crippen LogP contribution in [0.4, 0.5) is 5.69 Å². The van der Waals surface area contributed by atoms with E-state index in [1.54, 1.807) is 41.3 Å². The Morgan fingerprint density at radius 3 is 2.68 bits per heavy atom. The molecule has 1 saturated heterocycles. The fourth-order valence-corrected chi connectivity index (χ4v) is 3.10. The van der Waals surface area contributed by atoms with Crippen LogP contribution in [0.2, 0.25) is 0 Å². The molecule has 0 atom stereocenters. The molecule has 1 amide bonds. The number of hydrogen-bond acceptors (Lipinski definition) is 5. The number of carbonyl (C=O) groups is 1. The molecule has 0 unspecified atom stereocenters. The van der Waals surface area contributed by atoms with Crippen LogP contribution in [0, 0.1) is 10.1 Å². The second-order valence-corrected chi connectivity index (χ2v) is 5.80. The van der Waals surface area contributed by atoms with Gasteiger partial charge in [0.2, 0.25) is 5.91 Å². The maximum Gasteiger partial charge on any atom is 0.274 e. The van der Waals surface area contributed by atoms with E-state index < -0.39 is 10.5 Å². The average molecular weight is 366 g/mol. The van der Waals surface area contributed by atoms with Crippen LogP contribution in [-0.2, 0) is 16.9 Å². The van der Waals surface area contributed by atoms with E-state index in [0.29, 0.717) is 18.4 Å². The molecule has 0 bridgehead atoms.